The summed E-state index contributed by atoms with van der Waals surface area (Å²) in [5.41, 5.74) is 0. The van der Waals surface area contributed by atoms with E-state index in [2.05, 4.69) is 17.9 Å². The molecule has 13 heavy (non-hydrogen) atoms. The van der Waals surface area contributed by atoms with Crippen LogP contribution in [0.1, 0.15) is 20.8 Å². The second kappa shape index (κ2) is 5.11. The minimum atomic E-state index is -1.02. The van der Waals surface area contributed by atoms with E-state index in [4.69, 9.17) is 5.11 Å². The lowest BCUT2D eigenvalue weighted by Gasteiger charge is -2.18. The molecule has 2 N–H and O–H groups in total. The second-order valence-corrected chi connectivity index (χ2v) is 4.02. The highest BCUT2D eigenvalue weighted by molar-refractivity contribution is 7.81. The van der Waals surface area contributed by atoms with Crippen molar-refractivity contribution in [1.29, 1.82) is 0 Å². The van der Waals surface area contributed by atoms with E-state index in [0.29, 0.717) is 0 Å². The molecule has 0 saturated heterocycles. The molecular weight excluding hydrogens is 190 g/mol. The van der Waals surface area contributed by atoms with Crippen LogP contribution < -0.4 is 5.32 Å². The molecule has 0 aliphatic heterocycles. The van der Waals surface area contributed by atoms with Crippen LogP contribution in [-0.2, 0) is 9.59 Å². The van der Waals surface area contributed by atoms with Gasteiger partial charge in [-0.05, 0) is 12.8 Å². The Morgan fingerprint density at radius 2 is 1.77 bits per heavy atom. The fourth-order valence-electron chi connectivity index (χ4n) is 0.787. The van der Waals surface area contributed by atoms with E-state index < -0.39 is 17.3 Å². The molecule has 0 aliphatic carbocycles. The first-order chi connectivity index (χ1) is 5.86. The molecule has 5 heteroatoms. The van der Waals surface area contributed by atoms with Crippen molar-refractivity contribution in [2.45, 2.75) is 32.1 Å². The van der Waals surface area contributed by atoms with Crippen LogP contribution >= 0.6 is 12.6 Å². The third-order valence-electron chi connectivity index (χ3n) is 1.61. The summed E-state index contributed by atoms with van der Waals surface area (Å²) in [5.74, 6) is -1.50. The van der Waals surface area contributed by atoms with Crippen LogP contribution in [0, 0.1) is 5.92 Å². The number of carboxylic acids is 1. The van der Waals surface area contributed by atoms with E-state index in [1.165, 1.54) is 0 Å². The van der Waals surface area contributed by atoms with Crippen molar-refractivity contribution < 1.29 is 14.7 Å². The van der Waals surface area contributed by atoms with E-state index in [9.17, 15) is 9.59 Å². The molecule has 0 aliphatic rings. The molecule has 1 unspecified atom stereocenters. The Hall–Kier alpha value is -0.710. The van der Waals surface area contributed by atoms with Gasteiger partial charge in [-0.25, -0.2) is 4.79 Å². The van der Waals surface area contributed by atoms with Crippen LogP contribution in [0.5, 0.6) is 0 Å². The molecule has 0 rings (SSSR count). The highest BCUT2D eigenvalue weighted by atomic mass is 32.1. The predicted octanol–water partition coefficient (Wildman–Crippen LogP) is 0.530. The van der Waals surface area contributed by atoms with Crippen LogP contribution in [0.3, 0.4) is 0 Å². The Balaban J connectivity index is 4.27. The summed E-state index contributed by atoms with van der Waals surface area (Å²) in [6.45, 7) is 5.07. The molecule has 0 aromatic carbocycles. The molecule has 0 radical (unpaired) electrons. The summed E-state index contributed by atoms with van der Waals surface area (Å²) in [7, 11) is 0. The van der Waals surface area contributed by atoms with Crippen molar-refractivity contribution in [3.63, 3.8) is 0 Å². The number of amides is 1. The van der Waals surface area contributed by atoms with Gasteiger partial charge in [-0.3, -0.25) is 4.79 Å². The third-order valence-corrected chi connectivity index (χ3v) is 1.84. The van der Waals surface area contributed by atoms with Crippen molar-refractivity contribution >= 4 is 24.5 Å². The van der Waals surface area contributed by atoms with Crippen LogP contribution in [0.2, 0.25) is 0 Å². The largest absolute Gasteiger partial charge is 0.480 e. The Morgan fingerprint density at radius 3 is 2.00 bits per heavy atom. The van der Waals surface area contributed by atoms with Crippen molar-refractivity contribution in [2.75, 3.05) is 0 Å². The van der Waals surface area contributed by atoms with Crippen molar-refractivity contribution in [1.82, 2.24) is 5.32 Å². The zero-order chi connectivity index (χ0) is 10.6. The maximum absolute atomic E-state index is 11.1. The molecule has 0 fully saturated rings. The molecule has 0 heterocycles. The number of nitrogens with one attached hydrogen (secondary N) is 1. The first-order valence-electron chi connectivity index (χ1n) is 4.07. The lowest BCUT2D eigenvalue weighted by Crippen LogP contribution is -2.46. The van der Waals surface area contributed by atoms with Gasteiger partial charge < -0.3 is 10.4 Å². The van der Waals surface area contributed by atoms with Gasteiger partial charge in [0.25, 0.3) is 0 Å². The molecule has 0 spiro atoms. The van der Waals surface area contributed by atoms with E-state index in [1.807, 2.05) is 0 Å². The third kappa shape index (κ3) is 4.17. The van der Waals surface area contributed by atoms with Crippen LogP contribution in [-0.4, -0.2) is 28.3 Å². The molecule has 0 aromatic heterocycles. The van der Waals surface area contributed by atoms with E-state index >= 15 is 0 Å². The van der Waals surface area contributed by atoms with Gasteiger partial charge in [-0.15, -0.1) is 0 Å². The van der Waals surface area contributed by atoms with E-state index in [0.717, 1.165) is 0 Å². The van der Waals surface area contributed by atoms with Crippen molar-refractivity contribution in [3.05, 3.63) is 0 Å². The summed E-state index contributed by atoms with van der Waals surface area (Å²) in [6, 6.07) is -0.831. The number of aliphatic carboxylic acids is 1. The molecular formula is C8H15NO3S. The lowest BCUT2D eigenvalue weighted by atomic mass is 10.0. The average molecular weight is 205 g/mol. The summed E-state index contributed by atoms with van der Waals surface area (Å²) in [5, 5.41) is 10.6. The molecule has 1 amide bonds. The first-order valence-corrected chi connectivity index (χ1v) is 4.59. The maximum Gasteiger partial charge on any atom is 0.326 e. The maximum atomic E-state index is 11.1. The lowest BCUT2D eigenvalue weighted by molar-refractivity contribution is -0.142. The topological polar surface area (TPSA) is 66.4 Å². The average Bonchev–Trinajstić information content (AvgIpc) is 1.97. The Kier molecular flexibility index (Phi) is 4.83. The van der Waals surface area contributed by atoms with E-state index in [1.54, 1.807) is 20.8 Å². The molecule has 2 atom stereocenters. The molecule has 4 nitrogen and oxygen atoms in total. The van der Waals surface area contributed by atoms with Gasteiger partial charge in [0.05, 0.1) is 5.25 Å². The number of carbonyl (C=O) groups is 2. The quantitative estimate of drug-likeness (QED) is 0.586. The summed E-state index contributed by atoms with van der Waals surface area (Å²) in [6.07, 6.45) is 0. The van der Waals surface area contributed by atoms with Crippen molar-refractivity contribution in [3.8, 4) is 0 Å². The Morgan fingerprint density at radius 1 is 1.31 bits per heavy atom. The van der Waals surface area contributed by atoms with Gasteiger partial charge in [0.2, 0.25) is 5.91 Å². The highest BCUT2D eigenvalue weighted by Crippen LogP contribution is 2.03. The minimum absolute atomic E-state index is 0.131. The fraction of sp³-hybridized carbons (Fsp3) is 0.750. The van der Waals surface area contributed by atoms with Crippen LogP contribution in [0.25, 0.3) is 0 Å². The van der Waals surface area contributed by atoms with Crippen molar-refractivity contribution in [2.24, 2.45) is 5.92 Å². The SMILES string of the molecule is CC(S)C(=O)N[C@@H](C(=O)O)C(C)C. The second-order valence-electron chi connectivity index (χ2n) is 3.24. The van der Waals surface area contributed by atoms with Gasteiger partial charge >= 0.3 is 5.97 Å². The molecule has 76 valence electrons. The van der Waals surface area contributed by atoms with Gasteiger partial charge in [0, 0.05) is 0 Å². The van der Waals surface area contributed by atoms with Crippen LogP contribution in [0.4, 0.5) is 0 Å². The number of thiol groups is 1. The minimum Gasteiger partial charge on any atom is -0.480 e. The Labute approximate surface area is 83.1 Å². The number of hydrogen-bond acceptors (Lipinski definition) is 3. The highest BCUT2D eigenvalue weighted by Gasteiger charge is 2.24. The van der Waals surface area contributed by atoms with E-state index in [-0.39, 0.29) is 11.8 Å². The summed E-state index contributed by atoms with van der Waals surface area (Å²) >= 11 is 3.90. The number of carbonyl (C=O) groups excluding carboxylic acids is 1. The zero-order valence-corrected chi connectivity index (χ0v) is 8.84. The Bertz CT molecular complexity index is 204. The summed E-state index contributed by atoms with van der Waals surface area (Å²) < 4.78 is 0. The summed E-state index contributed by atoms with van der Waals surface area (Å²) in [4.78, 5) is 21.8. The van der Waals surface area contributed by atoms with Gasteiger partial charge in [-0.2, -0.15) is 12.6 Å². The molecule has 0 bridgehead atoms. The van der Waals surface area contributed by atoms with Gasteiger partial charge in [0.1, 0.15) is 6.04 Å². The normalized spacial score (nSPS) is 15.2. The molecule has 0 saturated carbocycles. The fourth-order valence-corrected chi connectivity index (χ4v) is 0.862. The van der Waals surface area contributed by atoms with Gasteiger partial charge in [-0.1, -0.05) is 13.8 Å². The number of rotatable bonds is 4. The standard InChI is InChI=1S/C8H15NO3S/c1-4(2)6(8(11)12)9-7(10)5(3)13/h4-6,13H,1-3H3,(H,9,10)(H,11,12)/t5?,6-/m1/s1. The smallest absolute Gasteiger partial charge is 0.326 e. The predicted molar refractivity (Wildman–Crippen MR) is 52.9 cm³/mol. The first kappa shape index (κ1) is 12.3. The zero-order valence-electron chi connectivity index (χ0n) is 7.94. The molecule has 0 aromatic rings. The van der Waals surface area contributed by atoms with Gasteiger partial charge in [0.15, 0.2) is 0 Å². The monoisotopic (exact) mass is 205 g/mol. The number of carboxylic acid groups (broad SMARTS) is 1. The van der Waals surface area contributed by atoms with Crippen LogP contribution in [0.15, 0.2) is 0 Å². The number of hydrogen-bond donors (Lipinski definition) is 3.